The number of amides is 1. The molecule has 1 amide bonds. The molecule has 0 saturated carbocycles. The molecule has 0 aliphatic heterocycles. The molecule has 1 aromatic rings. The summed E-state index contributed by atoms with van der Waals surface area (Å²) in [5.41, 5.74) is 0.458. The van der Waals surface area contributed by atoms with E-state index in [1.165, 1.54) is 7.11 Å². The van der Waals surface area contributed by atoms with E-state index >= 15 is 0 Å². The number of rotatable bonds is 13. The minimum Gasteiger partial charge on any atom is -0.490 e. The maximum Gasteiger partial charge on any atom is 0.305 e. The molecular weight excluding hydrogens is 350 g/mol. The third-order valence-electron chi connectivity index (χ3n) is 3.74. The van der Waals surface area contributed by atoms with Crippen LogP contribution in [0.2, 0.25) is 0 Å². The number of ether oxygens (including phenoxy) is 4. The molecule has 0 aromatic heterocycles. The number of carbonyl (C=O) groups is 2. The fourth-order valence-corrected chi connectivity index (χ4v) is 2.50. The monoisotopic (exact) mass is 381 g/mol. The van der Waals surface area contributed by atoms with Gasteiger partial charge in [0.15, 0.2) is 11.5 Å². The molecule has 0 aliphatic rings. The molecule has 0 heterocycles. The Bertz CT molecular complexity index is 575. The van der Waals surface area contributed by atoms with Gasteiger partial charge in [0.25, 0.3) is 5.91 Å². The van der Waals surface area contributed by atoms with E-state index in [4.69, 9.17) is 14.2 Å². The van der Waals surface area contributed by atoms with Gasteiger partial charge in [-0.2, -0.15) is 0 Å². The average Bonchev–Trinajstić information content (AvgIpc) is 2.66. The van der Waals surface area contributed by atoms with Crippen LogP contribution in [-0.4, -0.2) is 45.4 Å². The van der Waals surface area contributed by atoms with Crippen LogP contribution >= 0.6 is 0 Å². The van der Waals surface area contributed by atoms with Crippen LogP contribution < -0.4 is 19.5 Å². The van der Waals surface area contributed by atoms with Gasteiger partial charge in [0.2, 0.25) is 5.75 Å². The summed E-state index contributed by atoms with van der Waals surface area (Å²) in [7, 11) is 1.38. The second-order valence-electron chi connectivity index (χ2n) is 5.74. The van der Waals surface area contributed by atoms with Crippen molar-refractivity contribution in [3.63, 3.8) is 0 Å². The van der Waals surface area contributed by atoms with E-state index in [9.17, 15) is 9.59 Å². The molecule has 1 rings (SSSR count). The fraction of sp³-hybridized carbons (Fsp3) is 0.600. The van der Waals surface area contributed by atoms with E-state index in [1.807, 2.05) is 20.8 Å². The third-order valence-corrected chi connectivity index (χ3v) is 3.74. The average molecular weight is 381 g/mol. The first-order chi connectivity index (χ1) is 13.1. The van der Waals surface area contributed by atoms with E-state index in [1.54, 1.807) is 12.1 Å². The Balaban J connectivity index is 2.71. The van der Waals surface area contributed by atoms with Crippen LogP contribution in [0.1, 0.15) is 56.8 Å². The summed E-state index contributed by atoms with van der Waals surface area (Å²) in [4.78, 5) is 23.5. The molecule has 0 atom stereocenters. The molecular formula is C20H31NO6. The zero-order valence-corrected chi connectivity index (χ0v) is 16.8. The highest BCUT2D eigenvalue weighted by atomic mass is 16.5. The molecule has 0 unspecified atom stereocenters. The molecule has 0 fully saturated rings. The van der Waals surface area contributed by atoms with Crippen molar-refractivity contribution in [2.24, 2.45) is 0 Å². The summed E-state index contributed by atoms with van der Waals surface area (Å²) in [5, 5.41) is 2.88. The summed E-state index contributed by atoms with van der Waals surface area (Å²) in [6, 6.07) is 3.34. The lowest BCUT2D eigenvalue weighted by molar-refractivity contribution is -0.140. The summed E-state index contributed by atoms with van der Waals surface area (Å²) < 4.78 is 21.5. The molecule has 0 saturated heterocycles. The van der Waals surface area contributed by atoms with E-state index in [2.05, 4.69) is 10.1 Å². The van der Waals surface area contributed by atoms with Gasteiger partial charge in [-0.3, -0.25) is 9.59 Å². The Labute approximate surface area is 161 Å². The van der Waals surface area contributed by atoms with Crippen molar-refractivity contribution in [2.75, 3.05) is 33.5 Å². The highest BCUT2D eigenvalue weighted by molar-refractivity contribution is 5.95. The van der Waals surface area contributed by atoms with Crippen LogP contribution in [0.4, 0.5) is 0 Å². The number of hydrogen-bond acceptors (Lipinski definition) is 6. The van der Waals surface area contributed by atoms with E-state index in [0.29, 0.717) is 55.6 Å². The number of unbranched alkanes of at least 4 members (excludes halogenated alkanes) is 2. The first-order valence-corrected chi connectivity index (χ1v) is 9.48. The molecule has 152 valence electrons. The number of benzene rings is 1. The van der Waals surface area contributed by atoms with Gasteiger partial charge in [-0.1, -0.05) is 6.42 Å². The smallest absolute Gasteiger partial charge is 0.305 e. The van der Waals surface area contributed by atoms with Crippen molar-refractivity contribution in [2.45, 2.75) is 46.5 Å². The van der Waals surface area contributed by atoms with Gasteiger partial charge in [0.05, 0.1) is 26.9 Å². The van der Waals surface area contributed by atoms with Crippen molar-refractivity contribution in [3.05, 3.63) is 17.7 Å². The summed E-state index contributed by atoms with van der Waals surface area (Å²) in [6.45, 7) is 7.53. The maximum absolute atomic E-state index is 12.5. The van der Waals surface area contributed by atoms with Crippen LogP contribution in [0.3, 0.4) is 0 Å². The number of esters is 1. The molecule has 1 N–H and O–H groups in total. The Hall–Kier alpha value is -2.44. The highest BCUT2D eigenvalue weighted by Gasteiger charge is 2.18. The summed E-state index contributed by atoms with van der Waals surface area (Å²) in [5.74, 6) is 1.09. The molecule has 0 radical (unpaired) electrons. The first-order valence-electron chi connectivity index (χ1n) is 9.48. The SMILES string of the molecule is CCOc1cc(C(=O)NCCCCCC(=O)OC)cc(OCC)c1OCC. The predicted octanol–water partition coefficient (Wildman–Crippen LogP) is 3.35. The Morgan fingerprint density at radius 2 is 1.48 bits per heavy atom. The molecule has 27 heavy (non-hydrogen) atoms. The highest BCUT2D eigenvalue weighted by Crippen LogP contribution is 2.39. The molecule has 0 spiro atoms. The molecule has 0 bridgehead atoms. The lowest BCUT2D eigenvalue weighted by atomic mass is 10.1. The van der Waals surface area contributed by atoms with Crippen molar-refractivity contribution >= 4 is 11.9 Å². The standard InChI is InChI=1S/C20H31NO6/c1-5-25-16-13-15(14-17(26-6-2)19(16)27-7-3)20(23)21-12-10-8-9-11-18(22)24-4/h13-14H,5-12H2,1-4H3,(H,21,23). The fourth-order valence-electron chi connectivity index (χ4n) is 2.50. The molecule has 7 nitrogen and oxygen atoms in total. The zero-order valence-electron chi connectivity index (χ0n) is 16.8. The van der Waals surface area contributed by atoms with Gasteiger partial charge < -0.3 is 24.3 Å². The number of nitrogens with one attached hydrogen (secondary N) is 1. The number of methoxy groups -OCH3 is 1. The van der Waals surface area contributed by atoms with E-state index in [-0.39, 0.29) is 11.9 Å². The topological polar surface area (TPSA) is 83.1 Å². The van der Waals surface area contributed by atoms with Crippen molar-refractivity contribution in [1.29, 1.82) is 0 Å². The number of hydrogen-bond donors (Lipinski definition) is 1. The van der Waals surface area contributed by atoms with Gasteiger partial charge in [0.1, 0.15) is 0 Å². The number of carbonyl (C=O) groups excluding carboxylic acids is 2. The summed E-state index contributed by atoms with van der Waals surface area (Å²) >= 11 is 0. The lowest BCUT2D eigenvalue weighted by Gasteiger charge is -2.17. The van der Waals surface area contributed by atoms with E-state index in [0.717, 1.165) is 19.3 Å². The Kier molecular flexibility index (Phi) is 10.7. The van der Waals surface area contributed by atoms with Crippen molar-refractivity contribution in [1.82, 2.24) is 5.32 Å². The molecule has 7 heteroatoms. The van der Waals surface area contributed by atoms with Crippen molar-refractivity contribution < 1.29 is 28.5 Å². The molecule has 1 aromatic carbocycles. The van der Waals surface area contributed by atoms with Crippen molar-refractivity contribution in [3.8, 4) is 17.2 Å². The minimum absolute atomic E-state index is 0.201. The second-order valence-corrected chi connectivity index (χ2v) is 5.74. The van der Waals surface area contributed by atoms with E-state index < -0.39 is 0 Å². The van der Waals surface area contributed by atoms with Gasteiger partial charge in [-0.05, 0) is 45.7 Å². The van der Waals surface area contributed by atoms with Crippen LogP contribution in [0.5, 0.6) is 17.2 Å². The first kappa shape index (κ1) is 22.6. The maximum atomic E-state index is 12.5. The van der Waals surface area contributed by atoms with Gasteiger partial charge >= 0.3 is 5.97 Å². The third kappa shape index (κ3) is 7.76. The van der Waals surface area contributed by atoms with Gasteiger partial charge in [-0.25, -0.2) is 0 Å². The van der Waals surface area contributed by atoms with Crippen LogP contribution in [0.15, 0.2) is 12.1 Å². The van der Waals surface area contributed by atoms with Crippen LogP contribution in [0, 0.1) is 0 Å². The normalized spacial score (nSPS) is 10.2. The molecule has 0 aliphatic carbocycles. The van der Waals surface area contributed by atoms with Crippen LogP contribution in [-0.2, 0) is 9.53 Å². The second kappa shape index (κ2) is 12.8. The minimum atomic E-state index is -0.208. The van der Waals surface area contributed by atoms with Gasteiger partial charge in [0, 0.05) is 18.5 Å². The zero-order chi connectivity index (χ0) is 20.1. The summed E-state index contributed by atoms with van der Waals surface area (Å²) in [6.07, 6.45) is 2.77. The van der Waals surface area contributed by atoms with Gasteiger partial charge in [-0.15, -0.1) is 0 Å². The van der Waals surface area contributed by atoms with Crippen LogP contribution in [0.25, 0.3) is 0 Å². The Morgan fingerprint density at radius 1 is 0.889 bits per heavy atom. The Morgan fingerprint density at radius 3 is 2.00 bits per heavy atom. The lowest BCUT2D eigenvalue weighted by Crippen LogP contribution is -2.24. The quantitative estimate of drug-likeness (QED) is 0.417. The predicted molar refractivity (Wildman–Crippen MR) is 103 cm³/mol. The largest absolute Gasteiger partial charge is 0.490 e.